The molecule has 0 heterocycles. The lowest BCUT2D eigenvalue weighted by atomic mass is 9.91. The molecule has 0 amide bonds. The Bertz CT molecular complexity index is 3630. The summed E-state index contributed by atoms with van der Waals surface area (Å²) in [5, 5.41) is 7.36. The summed E-state index contributed by atoms with van der Waals surface area (Å²) in [6.07, 6.45) is 0. The van der Waals surface area contributed by atoms with Crippen molar-refractivity contribution in [1.82, 2.24) is 0 Å². The molecule has 0 aliphatic carbocycles. The minimum Gasteiger partial charge on any atom is -0.310 e. The molecule has 0 spiro atoms. The summed E-state index contributed by atoms with van der Waals surface area (Å²) < 4.78 is 0. The minimum absolute atomic E-state index is 1.11. The van der Waals surface area contributed by atoms with Crippen molar-refractivity contribution in [2.45, 2.75) is 55.4 Å². The van der Waals surface area contributed by atoms with E-state index in [4.69, 9.17) is 0 Å². The van der Waals surface area contributed by atoms with E-state index in [0.29, 0.717) is 0 Å². The lowest BCUT2D eigenvalue weighted by molar-refractivity contribution is 1.26. The van der Waals surface area contributed by atoms with Gasteiger partial charge in [-0.1, -0.05) is 168 Å². The van der Waals surface area contributed by atoms with Crippen LogP contribution in [0.15, 0.2) is 218 Å². The first kappa shape index (κ1) is 46.4. The Kier molecular flexibility index (Phi) is 11.7. The van der Waals surface area contributed by atoms with Gasteiger partial charge in [0.15, 0.2) is 0 Å². The molecule has 0 aliphatic rings. The van der Waals surface area contributed by atoms with Crippen molar-refractivity contribution in [1.29, 1.82) is 0 Å². The molecule has 0 bridgehead atoms. The first-order valence-corrected chi connectivity index (χ1v) is 25.9. The molecule has 0 aromatic heterocycles. The van der Waals surface area contributed by atoms with Crippen LogP contribution in [0, 0.1) is 55.4 Å². The van der Waals surface area contributed by atoms with Gasteiger partial charge in [-0.25, -0.2) is 0 Å². The first-order chi connectivity index (χ1) is 35.9. The fraction of sp³-hybridized carbons (Fsp3) is 0.111. The van der Waals surface area contributed by atoms with Crippen molar-refractivity contribution in [2.75, 3.05) is 9.80 Å². The Morgan fingerprint density at radius 2 is 0.459 bits per heavy atom. The molecule has 2 nitrogen and oxygen atoms in total. The molecule has 12 aromatic carbocycles. The molecule has 2 heteroatoms. The van der Waals surface area contributed by atoms with Gasteiger partial charge in [-0.3, -0.25) is 0 Å². The third kappa shape index (κ3) is 8.77. The second kappa shape index (κ2) is 18.7. The number of anilines is 6. The summed E-state index contributed by atoms with van der Waals surface area (Å²) >= 11 is 0. The average molecular weight is 953 g/mol. The van der Waals surface area contributed by atoms with Crippen LogP contribution in [0.4, 0.5) is 34.1 Å². The lowest BCUT2D eigenvalue weighted by Crippen LogP contribution is -2.12. The van der Waals surface area contributed by atoms with Crippen molar-refractivity contribution in [3.8, 4) is 44.5 Å². The summed E-state index contributed by atoms with van der Waals surface area (Å²) in [5.74, 6) is 0. The van der Waals surface area contributed by atoms with Crippen LogP contribution in [0.1, 0.15) is 44.5 Å². The number of rotatable bonds is 10. The highest BCUT2D eigenvalue weighted by atomic mass is 15.2. The predicted octanol–water partition coefficient (Wildman–Crippen LogP) is 20.7. The largest absolute Gasteiger partial charge is 0.310 e. The van der Waals surface area contributed by atoms with Crippen LogP contribution in [0.25, 0.3) is 76.8 Å². The van der Waals surface area contributed by atoms with Crippen molar-refractivity contribution in [3.05, 3.63) is 263 Å². The first-order valence-electron chi connectivity index (χ1n) is 25.9. The van der Waals surface area contributed by atoms with Gasteiger partial charge in [-0.15, -0.1) is 0 Å². The van der Waals surface area contributed by atoms with E-state index in [2.05, 4.69) is 284 Å². The number of hydrogen-bond donors (Lipinski definition) is 0. The second-order valence-electron chi connectivity index (χ2n) is 21.0. The summed E-state index contributed by atoms with van der Waals surface area (Å²) in [7, 11) is 0. The SMILES string of the molecule is Cc1ccc(-c2cc(-c3ccc(C)cc3)cc(N(c3cc(C)cc(C)c3)c3ccc4ccc5c(N(c6cc(C)cc(C)c6)c6cc(-c7ccc(C)cc7)cc(-c7ccc(C)cc7)c6)ccc6ccc3c4c65)c2)cc1. The Morgan fingerprint density at radius 3 is 0.743 bits per heavy atom. The molecule has 0 fully saturated rings. The van der Waals surface area contributed by atoms with Crippen LogP contribution in [-0.4, -0.2) is 0 Å². The smallest absolute Gasteiger partial charge is 0.0540 e. The van der Waals surface area contributed by atoms with Crippen LogP contribution >= 0.6 is 0 Å². The molecular weight excluding hydrogens is 893 g/mol. The van der Waals surface area contributed by atoms with E-state index in [0.717, 1.165) is 34.1 Å². The molecule has 0 aliphatic heterocycles. The number of hydrogen-bond acceptors (Lipinski definition) is 2. The number of benzene rings is 12. The van der Waals surface area contributed by atoms with Crippen LogP contribution in [0.5, 0.6) is 0 Å². The quantitative estimate of drug-likeness (QED) is 0.126. The van der Waals surface area contributed by atoms with Gasteiger partial charge < -0.3 is 9.80 Å². The molecule has 74 heavy (non-hydrogen) atoms. The third-order valence-electron chi connectivity index (χ3n) is 14.9. The Morgan fingerprint density at radius 1 is 0.203 bits per heavy atom. The standard InChI is InChI=1S/C72H60N2/c1-45-9-17-53(18-10-45)59-39-60(54-19-11-46(2)12-20-54)42-65(41-59)73(63-35-49(5)33-50(6)36-63)69-31-27-57-26-30-68-70(32-28-58-25-29-67(69)71(57)72(58)68)74(64-37-51(7)34-52(8)38-64)66-43-61(55-21-13-47(3)14-22-55)40-62(44-66)56-23-15-48(4)16-24-56/h9-44H,1-8H3. The molecule has 358 valence electrons. The maximum absolute atomic E-state index is 2.51. The number of aryl methyl sites for hydroxylation is 8. The van der Waals surface area contributed by atoms with Gasteiger partial charge in [0.1, 0.15) is 0 Å². The van der Waals surface area contributed by atoms with Crippen LogP contribution in [0.3, 0.4) is 0 Å². The fourth-order valence-electron chi connectivity index (χ4n) is 11.3. The topological polar surface area (TPSA) is 6.48 Å². The minimum atomic E-state index is 1.11. The Balaban J connectivity index is 1.11. The Hall–Kier alpha value is -8.72. The maximum Gasteiger partial charge on any atom is 0.0540 e. The maximum atomic E-state index is 2.51. The molecule has 0 saturated heterocycles. The van der Waals surface area contributed by atoms with Gasteiger partial charge in [0.2, 0.25) is 0 Å². The van der Waals surface area contributed by atoms with E-state index in [1.54, 1.807) is 0 Å². The summed E-state index contributed by atoms with van der Waals surface area (Å²) in [5.41, 5.74) is 26.1. The van der Waals surface area contributed by atoms with Crippen molar-refractivity contribution in [2.24, 2.45) is 0 Å². The van der Waals surface area contributed by atoms with E-state index in [1.807, 2.05) is 0 Å². The van der Waals surface area contributed by atoms with E-state index in [9.17, 15) is 0 Å². The van der Waals surface area contributed by atoms with Crippen molar-refractivity contribution < 1.29 is 0 Å². The van der Waals surface area contributed by atoms with Gasteiger partial charge in [-0.2, -0.15) is 0 Å². The van der Waals surface area contributed by atoms with Gasteiger partial charge in [0.05, 0.1) is 11.4 Å². The van der Waals surface area contributed by atoms with Gasteiger partial charge in [-0.05, 0) is 216 Å². The zero-order valence-corrected chi connectivity index (χ0v) is 43.7. The monoisotopic (exact) mass is 952 g/mol. The van der Waals surface area contributed by atoms with E-state index in [1.165, 1.54) is 121 Å². The second-order valence-corrected chi connectivity index (χ2v) is 21.0. The van der Waals surface area contributed by atoms with Gasteiger partial charge in [0, 0.05) is 33.5 Å². The van der Waals surface area contributed by atoms with Crippen molar-refractivity contribution in [3.63, 3.8) is 0 Å². The summed E-state index contributed by atoms with van der Waals surface area (Å²) in [6, 6.07) is 82.7. The molecule has 0 radical (unpaired) electrons. The van der Waals surface area contributed by atoms with Crippen molar-refractivity contribution >= 4 is 66.4 Å². The normalized spacial score (nSPS) is 11.5. The average Bonchev–Trinajstić information content (AvgIpc) is 3.40. The zero-order valence-electron chi connectivity index (χ0n) is 43.7. The predicted molar refractivity (Wildman–Crippen MR) is 319 cm³/mol. The van der Waals surface area contributed by atoms with Crippen LogP contribution < -0.4 is 9.80 Å². The van der Waals surface area contributed by atoms with E-state index in [-0.39, 0.29) is 0 Å². The van der Waals surface area contributed by atoms with E-state index < -0.39 is 0 Å². The summed E-state index contributed by atoms with van der Waals surface area (Å²) in [4.78, 5) is 5.01. The van der Waals surface area contributed by atoms with E-state index >= 15 is 0 Å². The molecule has 0 atom stereocenters. The number of nitrogens with zero attached hydrogens (tertiary/aromatic N) is 2. The van der Waals surface area contributed by atoms with Crippen LogP contribution in [0.2, 0.25) is 0 Å². The summed E-state index contributed by atoms with van der Waals surface area (Å²) in [6.45, 7) is 17.5. The van der Waals surface area contributed by atoms with Gasteiger partial charge in [0.25, 0.3) is 0 Å². The third-order valence-corrected chi connectivity index (χ3v) is 14.9. The molecule has 12 aromatic rings. The van der Waals surface area contributed by atoms with Gasteiger partial charge >= 0.3 is 0 Å². The molecule has 0 N–H and O–H groups in total. The van der Waals surface area contributed by atoms with Crippen LogP contribution in [-0.2, 0) is 0 Å². The molecule has 0 unspecified atom stereocenters. The molecule has 0 saturated carbocycles. The highest BCUT2D eigenvalue weighted by Gasteiger charge is 2.24. The molecular formula is C72H60N2. The molecule has 12 rings (SSSR count). The fourth-order valence-corrected chi connectivity index (χ4v) is 11.3. The zero-order chi connectivity index (χ0) is 50.8. The lowest BCUT2D eigenvalue weighted by Gasteiger charge is -2.31. The Labute approximate surface area is 436 Å². The highest BCUT2D eigenvalue weighted by Crippen LogP contribution is 2.49. The highest BCUT2D eigenvalue weighted by molar-refractivity contribution is 6.28.